The van der Waals surface area contributed by atoms with Crippen LogP contribution in [0.15, 0.2) is 231 Å². The number of carbonyl (C=O) groups excluding carboxylic acids is 1. The van der Waals surface area contributed by atoms with E-state index in [-0.39, 0.29) is 12.6 Å². The number of hydrogen-bond acceptors (Lipinski definition) is 2. The molecular weight excluding hydrogens is 833 g/mol. The van der Waals surface area contributed by atoms with Crippen molar-refractivity contribution < 1.29 is 18.3 Å². The number of fused-ring (bicyclic) bond motifs is 1. The Balaban J connectivity index is 1.44. The van der Waals surface area contributed by atoms with Gasteiger partial charge < -0.3 is 13.9 Å². The molecule has 6 aromatic heterocycles. The molecule has 0 unspecified atom stereocenters. The molecule has 0 fully saturated rings. The van der Waals surface area contributed by atoms with Gasteiger partial charge in [0.2, 0.25) is 28.2 Å². The van der Waals surface area contributed by atoms with Crippen molar-refractivity contribution in [2.45, 2.75) is 13.1 Å². The first kappa shape index (κ1) is 39.5. The van der Waals surface area contributed by atoms with E-state index in [1.807, 2.05) is 6.92 Å². The summed E-state index contributed by atoms with van der Waals surface area (Å²) in [6.45, 7) is 2.12. The summed E-state index contributed by atoms with van der Waals surface area (Å²) < 4.78 is 15.7. The highest BCUT2D eigenvalue weighted by atomic mass is 16.5. The lowest BCUT2D eigenvalue weighted by molar-refractivity contribution is -0.489. The molecule has 13 rings (SSSR count). The van der Waals surface area contributed by atoms with Crippen molar-refractivity contribution in [2.24, 2.45) is 0 Å². The fourth-order valence-corrected chi connectivity index (χ4v) is 11.0. The number of nitrogens with zero attached hydrogens (tertiary/aromatic N) is 4. The van der Waals surface area contributed by atoms with Crippen molar-refractivity contribution in [1.82, 2.24) is 9.13 Å². The van der Waals surface area contributed by atoms with Crippen LogP contribution in [0.1, 0.15) is 13.1 Å². The fraction of sp³-hybridized carbons (Fsp3) is 0.0484. The Kier molecular flexibility index (Phi) is 9.25. The number of benzene rings is 6. The van der Waals surface area contributed by atoms with Crippen LogP contribution in [0.2, 0.25) is 0 Å². The van der Waals surface area contributed by atoms with E-state index in [0.717, 1.165) is 111 Å². The molecule has 6 heteroatoms. The summed E-state index contributed by atoms with van der Waals surface area (Å²) in [5, 5.41) is 0. The van der Waals surface area contributed by atoms with Gasteiger partial charge >= 0.3 is 5.97 Å². The maximum absolute atomic E-state index is 15.3. The first-order chi connectivity index (χ1) is 33.7. The van der Waals surface area contributed by atoms with Crippen LogP contribution in [0, 0.1) is 0 Å². The Morgan fingerprint density at radius 2 is 0.647 bits per heavy atom. The summed E-state index contributed by atoms with van der Waals surface area (Å²) in [7, 11) is 0. The molecule has 0 atom stereocenters. The van der Waals surface area contributed by atoms with E-state index >= 15 is 4.79 Å². The van der Waals surface area contributed by atoms with E-state index in [1.54, 1.807) is 0 Å². The second kappa shape index (κ2) is 15.9. The van der Waals surface area contributed by atoms with Crippen LogP contribution >= 0.6 is 0 Å². The van der Waals surface area contributed by atoms with Crippen molar-refractivity contribution in [3.05, 3.63) is 231 Å². The van der Waals surface area contributed by atoms with Gasteiger partial charge in [-0.1, -0.05) is 158 Å². The van der Waals surface area contributed by atoms with Gasteiger partial charge in [-0.2, -0.15) is 0 Å². The molecule has 12 aromatic rings. The van der Waals surface area contributed by atoms with E-state index < -0.39 is 6.17 Å². The maximum Gasteiger partial charge on any atom is 0.350 e. The zero-order valence-electron chi connectivity index (χ0n) is 37.3. The lowest BCUT2D eigenvalue weighted by Crippen LogP contribution is -2.31. The molecular formula is C62H44N4O2+2. The molecule has 322 valence electrons. The predicted octanol–water partition coefficient (Wildman–Crippen LogP) is 13.7. The Morgan fingerprint density at radius 3 is 0.985 bits per heavy atom. The van der Waals surface area contributed by atoms with Crippen molar-refractivity contribution in [2.75, 3.05) is 6.61 Å². The normalized spacial score (nSPS) is 12.2. The van der Waals surface area contributed by atoms with E-state index in [1.165, 1.54) is 0 Å². The van der Waals surface area contributed by atoms with Crippen molar-refractivity contribution >= 4 is 50.1 Å². The van der Waals surface area contributed by atoms with Crippen LogP contribution in [0.4, 0.5) is 0 Å². The molecule has 7 heterocycles. The quantitative estimate of drug-likeness (QED) is 0.113. The van der Waals surface area contributed by atoms with Gasteiger partial charge in [-0.15, -0.1) is 8.80 Å². The molecule has 6 nitrogen and oxygen atoms in total. The second-order valence-corrected chi connectivity index (χ2v) is 17.3. The minimum Gasteiger partial charge on any atom is -0.463 e. The lowest BCUT2D eigenvalue weighted by atomic mass is 10.0. The maximum atomic E-state index is 15.3. The molecule has 0 saturated carbocycles. The van der Waals surface area contributed by atoms with E-state index in [4.69, 9.17) is 4.74 Å². The Labute approximate surface area is 393 Å². The van der Waals surface area contributed by atoms with Crippen LogP contribution < -0.4 is 8.80 Å². The Hall–Kier alpha value is -8.87. The van der Waals surface area contributed by atoms with Crippen LogP contribution in [0.5, 0.6) is 0 Å². The van der Waals surface area contributed by atoms with Gasteiger partial charge in [0.05, 0.1) is 50.9 Å². The number of aromatic nitrogens is 4. The zero-order valence-corrected chi connectivity index (χ0v) is 37.3. The summed E-state index contributed by atoms with van der Waals surface area (Å²) in [6, 6.07) is 82.3. The molecule has 0 N–H and O–H groups in total. The van der Waals surface area contributed by atoms with Crippen LogP contribution in [-0.4, -0.2) is 21.7 Å². The Bertz CT molecular complexity index is 3750. The van der Waals surface area contributed by atoms with Gasteiger partial charge in [0.1, 0.15) is 5.56 Å². The summed E-state index contributed by atoms with van der Waals surface area (Å²) in [6.07, 6.45) is -0.907. The third-order valence-corrected chi connectivity index (χ3v) is 13.6. The average molecular weight is 877 g/mol. The molecule has 0 spiro atoms. The van der Waals surface area contributed by atoms with Crippen molar-refractivity contribution in [3.8, 4) is 67.0 Å². The van der Waals surface area contributed by atoms with E-state index in [9.17, 15) is 0 Å². The first-order valence-corrected chi connectivity index (χ1v) is 23.3. The second-order valence-electron chi connectivity index (χ2n) is 17.3. The number of carbonyl (C=O) groups is 1. The highest BCUT2D eigenvalue weighted by Crippen LogP contribution is 2.45. The molecule has 0 radical (unpaired) electrons. The van der Waals surface area contributed by atoms with E-state index in [0.29, 0.717) is 0 Å². The fourth-order valence-electron chi connectivity index (χ4n) is 11.0. The minimum atomic E-state index is -0.907. The molecule has 0 aliphatic carbocycles. The van der Waals surface area contributed by atoms with Gasteiger partial charge in [-0.05, 0) is 77.7 Å². The molecule has 0 amide bonds. The van der Waals surface area contributed by atoms with Crippen LogP contribution in [0.25, 0.3) is 111 Å². The zero-order chi connectivity index (χ0) is 45.3. The smallest absolute Gasteiger partial charge is 0.350 e. The van der Waals surface area contributed by atoms with Crippen LogP contribution in [-0.2, 0) is 9.53 Å². The first-order valence-electron chi connectivity index (χ1n) is 23.3. The SMILES string of the molecule is CCOC(=O)C1n2c3ccc2c(-c2ccccc2)c2ccc4c(-c5ccccc5)c5ccc(c(-c6ccccc6)c6ccc(c3-c3ccccc3)n61)[n+]5c(-c1ccccc1)c(-c1ccccc1)[n+]24. The topological polar surface area (TPSA) is 44.4 Å². The third-order valence-electron chi connectivity index (χ3n) is 13.6. The standard InChI is InChI=1S/C62H44N4O2/c1-2-68-62(67)61-65-51-37-39-53(65)58(44-27-15-6-16-28-44)54-40-38-52(66(54)61)57(43-25-13-5-14-26-43)50-36-34-48-55(41-21-9-3-10-22-41)47-33-35-49(56(51)42-23-11-4-12-24-42)63(47)59(45-29-17-7-18-30-45)60(64(48)50)46-31-19-8-20-32-46/h3-40,61H,2H2,1H3/q+2. The molecule has 8 bridgehead atoms. The summed E-state index contributed by atoms with van der Waals surface area (Å²) >= 11 is 0. The number of rotatable bonds is 8. The molecule has 68 heavy (non-hydrogen) atoms. The number of hydrogen-bond donors (Lipinski definition) is 0. The minimum absolute atomic E-state index is 0.230. The van der Waals surface area contributed by atoms with Crippen molar-refractivity contribution in [1.29, 1.82) is 0 Å². The van der Waals surface area contributed by atoms with E-state index in [2.05, 4.69) is 248 Å². The number of esters is 1. The van der Waals surface area contributed by atoms with Gasteiger partial charge in [-0.3, -0.25) is 0 Å². The summed E-state index contributed by atoms with van der Waals surface area (Å²) in [4.78, 5) is 15.3. The lowest BCUT2D eigenvalue weighted by Gasteiger charge is -2.28. The third kappa shape index (κ3) is 5.94. The molecule has 1 aliphatic rings. The Morgan fingerprint density at radius 1 is 0.368 bits per heavy atom. The average Bonchev–Trinajstić information content (AvgIpc) is 4.21. The summed E-state index contributed by atoms with van der Waals surface area (Å²) in [5.74, 6) is -0.335. The molecule has 1 aliphatic heterocycles. The van der Waals surface area contributed by atoms with Gasteiger partial charge in [0.25, 0.3) is 11.4 Å². The van der Waals surface area contributed by atoms with Crippen molar-refractivity contribution in [3.63, 3.8) is 0 Å². The largest absolute Gasteiger partial charge is 0.463 e. The molecule has 0 saturated heterocycles. The highest BCUT2D eigenvalue weighted by molar-refractivity contribution is 6.05. The van der Waals surface area contributed by atoms with Gasteiger partial charge in [0, 0.05) is 29.8 Å². The number of ether oxygens (including phenoxy) is 1. The van der Waals surface area contributed by atoms with Gasteiger partial charge in [0.15, 0.2) is 0 Å². The van der Waals surface area contributed by atoms with Gasteiger partial charge in [-0.25, -0.2) is 4.79 Å². The summed E-state index contributed by atoms with van der Waals surface area (Å²) in [5.41, 5.74) is 20.1. The monoisotopic (exact) mass is 876 g/mol. The predicted molar refractivity (Wildman–Crippen MR) is 274 cm³/mol. The highest BCUT2D eigenvalue weighted by Gasteiger charge is 2.39. The molecule has 6 aromatic carbocycles. The van der Waals surface area contributed by atoms with Crippen LogP contribution in [0.3, 0.4) is 0 Å².